The summed E-state index contributed by atoms with van der Waals surface area (Å²) in [7, 11) is 0. The zero-order chi connectivity index (χ0) is 18.7. The summed E-state index contributed by atoms with van der Waals surface area (Å²) >= 11 is 0. The Morgan fingerprint density at radius 3 is 2.12 bits per heavy atom. The highest BCUT2D eigenvalue weighted by Gasteiger charge is 2.23. The third kappa shape index (κ3) is 7.36. The molecule has 0 aliphatic carbocycles. The molecular formula is C19H20O6. The third-order valence-corrected chi connectivity index (χ3v) is 2.74. The Bertz CT molecular complexity index is 674. The van der Waals surface area contributed by atoms with Crippen molar-refractivity contribution in [3.8, 4) is 11.8 Å². The highest BCUT2D eigenvalue weighted by Crippen LogP contribution is 2.05. The number of hydrogen-bond donors (Lipinski definition) is 0. The molecule has 6 heteroatoms. The molecule has 6 nitrogen and oxygen atoms in total. The highest BCUT2D eigenvalue weighted by atomic mass is 16.6. The van der Waals surface area contributed by atoms with Crippen LogP contribution in [0.5, 0.6) is 0 Å². The number of ether oxygens (including phenoxy) is 3. The molecule has 0 N–H and O–H groups in total. The van der Waals surface area contributed by atoms with Gasteiger partial charge in [-0.05, 0) is 32.9 Å². The van der Waals surface area contributed by atoms with Crippen molar-refractivity contribution in [3.05, 3.63) is 47.5 Å². The van der Waals surface area contributed by atoms with Gasteiger partial charge < -0.3 is 14.2 Å². The Morgan fingerprint density at radius 2 is 1.60 bits per heavy atom. The second-order valence-corrected chi connectivity index (χ2v) is 4.71. The van der Waals surface area contributed by atoms with E-state index in [0.717, 1.165) is 11.6 Å². The molecule has 0 saturated carbocycles. The maximum atomic E-state index is 11.9. The van der Waals surface area contributed by atoms with E-state index in [4.69, 9.17) is 14.2 Å². The fourth-order valence-corrected chi connectivity index (χ4v) is 1.68. The molecule has 1 aromatic rings. The average Bonchev–Trinajstić information content (AvgIpc) is 2.59. The van der Waals surface area contributed by atoms with E-state index in [1.807, 2.05) is 30.3 Å². The topological polar surface area (TPSA) is 78.9 Å². The minimum atomic E-state index is -0.944. The molecular weight excluding hydrogens is 324 g/mol. The first kappa shape index (κ1) is 20.0. The predicted octanol–water partition coefficient (Wildman–Crippen LogP) is 2.02. The molecule has 132 valence electrons. The van der Waals surface area contributed by atoms with Crippen molar-refractivity contribution in [1.82, 2.24) is 0 Å². The molecule has 0 aliphatic heterocycles. The van der Waals surface area contributed by atoms with E-state index in [2.05, 4.69) is 11.8 Å². The van der Waals surface area contributed by atoms with E-state index < -0.39 is 29.6 Å². The first-order valence-electron chi connectivity index (χ1n) is 7.81. The summed E-state index contributed by atoms with van der Waals surface area (Å²) in [5, 5.41) is 0. The van der Waals surface area contributed by atoms with Gasteiger partial charge in [0.1, 0.15) is 0 Å². The largest absolute Gasteiger partial charge is 0.462 e. The van der Waals surface area contributed by atoms with Crippen LogP contribution >= 0.6 is 0 Å². The third-order valence-electron chi connectivity index (χ3n) is 2.74. The van der Waals surface area contributed by atoms with Gasteiger partial charge in [0.2, 0.25) is 0 Å². The Balaban J connectivity index is 2.80. The monoisotopic (exact) mass is 344 g/mol. The summed E-state index contributed by atoms with van der Waals surface area (Å²) in [6.45, 7) is 4.86. The lowest BCUT2D eigenvalue weighted by atomic mass is 10.2. The second-order valence-electron chi connectivity index (χ2n) is 4.71. The van der Waals surface area contributed by atoms with Gasteiger partial charge in [-0.1, -0.05) is 30.0 Å². The van der Waals surface area contributed by atoms with Gasteiger partial charge in [-0.2, -0.15) is 0 Å². The van der Waals surface area contributed by atoms with Crippen molar-refractivity contribution in [2.75, 3.05) is 13.2 Å². The van der Waals surface area contributed by atoms with Crippen LogP contribution in [-0.4, -0.2) is 37.2 Å². The first-order valence-corrected chi connectivity index (χ1v) is 7.81. The number of benzene rings is 1. The molecule has 25 heavy (non-hydrogen) atoms. The van der Waals surface area contributed by atoms with E-state index in [1.54, 1.807) is 20.8 Å². The lowest BCUT2D eigenvalue weighted by molar-refractivity contribution is -0.148. The van der Waals surface area contributed by atoms with Crippen LogP contribution in [0.2, 0.25) is 0 Å². The Morgan fingerprint density at radius 1 is 1.04 bits per heavy atom. The first-order chi connectivity index (χ1) is 12.0. The summed E-state index contributed by atoms with van der Waals surface area (Å²) in [6, 6.07) is 9.19. The van der Waals surface area contributed by atoms with Gasteiger partial charge in [-0.15, -0.1) is 0 Å². The molecule has 1 atom stereocenters. The molecule has 0 bridgehead atoms. The highest BCUT2D eigenvalue weighted by molar-refractivity contribution is 6.17. The zero-order valence-electron chi connectivity index (χ0n) is 14.4. The molecule has 0 radical (unpaired) electrons. The van der Waals surface area contributed by atoms with Crippen LogP contribution in [0.1, 0.15) is 26.3 Å². The van der Waals surface area contributed by atoms with E-state index >= 15 is 0 Å². The number of hydrogen-bond acceptors (Lipinski definition) is 6. The van der Waals surface area contributed by atoms with Gasteiger partial charge >= 0.3 is 17.9 Å². The quantitative estimate of drug-likeness (QED) is 0.196. The van der Waals surface area contributed by atoms with Crippen molar-refractivity contribution >= 4 is 17.9 Å². The standard InChI is InChI=1S/C19H20O6/c1-4-23-18(21)16(19(22)24-5-2)13-17(20)25-14(3)11-12-15-9-7-6-8-10-15/h6-10,13-14H,4-5H2,1-3H3. The van der Waals surface area contributed by atoms with Crippen LogP contribution < -0.4 is 0 Å². The molecule has 0 amide bonds. The minimum Gasteiger partial charge on any atom is -0.462 e. The maximum Gasteiger partial charge on any atom is 0.345 e. The lowest BCUT2D eigenvalue weighted by Gasteiger charge is -2.08. The molecule has 1 unspecified atom stereocenters. The molecule has 0 spiro atoms. The summed E-state index contributed by atoms with van der Waals surface area (Å²) in [5.74, 6) is 2.84. The average molecular weight is 344 g/mol. The number of esters is 3. The van der Waals surface area contributed by atoms with Crippen molar-refractivity contribution in [3.63, 3.8) is 0 Å². The van der Waals surface area contributed by atoms with Crippen LogP contribution in [0.3, 0.4) is 0 Å². The Hall–Kier alpha value is -3.07. The van der Waals surface area contributed by atoms with E-state index in [1.165, 1.54) is 0 Å². The summed E-state index contributed by atoms with van der Waals surface area (Å²) in [6.07, 6.45) is 0.0334. The fraction of sp³-hybridized carbons (Fsp3) is 0.316. The fourth-order valence-electron chi connectivity index (χ4n) is 1.68. The van der Waals surface area contributed by atoms with E-state index in [0.29, 0.717) is 0 Å². The van der Waals surface area contributed by atoms with Crippen LogP contribution in [0.15, 0.2) is 42.0 Å². The Kier molecular flexibility index (Phi) is 8.52. The van der Waals surface area contributed by atoms with Crippen LogP contribution in [-0.2, 0) is 28.6 Å². The van der Waals surface area contributed by atoms with Gasteiger partial charge in [0, 0.05) is 11.6 Å². The van der Waals surface area contributed by atoms with Gasteiger partial charge in [0.05, 0.1) is 13.2 Å². The molecule has 0 aliphatic rings. The van der Waals surface area contributed by atoms with Crippen LogP contribution in [0.4, 0.5) is 0 Å². The lowest BCUT2D eigenvalue weighted by Crippen LogP contribution is -2.21. The molecule has 0 fully saturated rings. The zero-order valence-corrected chi connectivity index (χ0v) is 14.4. The van der Waals surface area contributed by atoms with Crippen LogP contribution in [0.25, 0.3) is 0 Å². The van der Waals surface area contributed by atoms with E-state index in [-0.39, 0.29) is 13.2 Å². The van der Waals surface area contributed by atoms with Crippen molar-refractivity contribution in [2.24, 2.45) is 0 Å². The van der Waals surface area contributed by atoms with Gasteiger partial charge in [0.25, 0.3) is 0 Å². The molecule has 1 aromatic carbocycles. The van der Waals surface area contributed by atoms with Gasteiger partial charge in [0.15, 0.2) is 11.7 Å². The van der Waals surface area contributed by atoms with E-state index in [9.17, 15) is 14.4 Å². The molecule has 0 saturated heterocycles. The minimum absolute atomic E-state index is 0.0591. The number of carbonyl (C=O) groups excluding carboxylic acids is 3. The SMILES string of the molecule is CCOC(=O)C(=CC(=O)OC(C)C#Cc1ccccc1)C(=O)OCC. The second kappa shape index (κ2) is 10.7. The normalized spacial score (nSPS) is 10.5. The molecule has 1 rings (SSSR count). The van der Waals surface area contributed by atoms with Crippen molar-refractivity contribution < 1.29 is 28.6 Å². The number of carbonyl (C=O) groups is 3. The van der Waals surface area contributed by atoms with Crippen molar-refractivity contribution in [2.45, 2.75) is 26.9 Å². The predicted molar refractivity (Wildman–Crippen MR) is 90.2 cm³/mol. The molecule has 0 heterocycles. The van der Waals surface area contributed by atoms with Crippen molar-refractivity contribution in [1.29, 1.82) is 0 Å². The smallest absolute Gasteiger partial charge is 0.345 e. The summed E-state index contributed by atoms with van der Waals surface area (Å²) in [5.41, 5.74) is 0.261. The molecule has 0 aromatic heterocycles. The van der Waals surface area contributed by atoms with Gasteiger partial charge in [-0.25, -0.2) is 14.4 Å². The summed E-state index contributed by atoms with van der Waals surface area (Å²) in [4.78, 5) is 35.4. The van der Waals surface area contributed by atoms with Gasteiger partial charge in [-0.3, -0.25) is 0 Å². The summed E-state index contributed by atoms with van der Waals surface area (Å²) < 4.78 is 14.5. The Labute approximate surface area is 146 Å². The van der Waals surface area contributed by atoms with Crippen LogP contribution in [0, 0.1) is 11.8 Å². The number of rotatable bonds is 6. The maximum absolute atomic E-state index is 11.9.